The van der Waals surface area contributed by atoms with Crippen molar-refractivity contribution in [3.05, 3.63) is 47.8 Å². The predicted octanol–water partition coefficient (Wildman–Crippen LogP) is 3.13. The van der Waals surface area contributed by atoms with Crippen LogP contribution in [0, 0.1) is 25.6 Å². The Morgan fingerprint density at radius 2 is 1.97 bits per heavy atom. The fourth-order valence-corrected chi connectivity index (χ4v) is 4.19. The molecule has 0 spiro atoms. The summed E-state index contributed by atoms with van der Waals surface area (Å²) in [6.07, 6.45) is 7.68. The van der Waals surface area contributed by atoms with Gasteiger partial charge in [0.2, 0.25) is 5.91 Å². The SMILES string of the molecule is Cc1cn2nc(-c3cc(F)c4nc(NC(=O)CC5CCNCC5)cn4c3)cc(C)c2n1. The maximum absolute atomic E-state index is 14.8. The van der Waals surface area contributed by atoms with E-state index in [0.717, 1.165) is 42.8 Å². The van der Waals surface area contributed by atoms with Crippen molar-refractivity contribution in [1.82, 2.24) is 29.3 Å². The maximum Gasteiger partial charge on any atom is 0.225 e. The molecule has 0 atom stereocenters. The minimum atomic E-state index is -0.474. The molecule has 0 bridgehead atoms. The zero-order valence-corrected chi connectivity index (χ0v) is 17.5. The molecule has 160 valence electrons. The van der Waals surface area contributed by atoms with E-state index in [1.165, 1.54) is 6.07 Å². The van der Waals surface area contributed by atoms with E-state index in [2.05, 4.69) is 25.7 Å². The number of carbonyl (C=O) groups excluding carboxylic acids is 1. The molecule has 5 rings (SSSR count). The molecule has 8 nitrogen and oxygen atoms in total. The van der Waals surface area contributed by atoms with Crippen LogP contribution in [0.3, 0.4) is 0 Å². The lowest BCUT2D eigenvalue weighted by Crippen LogP contribution is -2.30. The van der Waals surface area contributed by atoms with Gasteiger partial charge in [-0.25, -0.2) is 18.9 Å². The molecule has 0 aliphatic carbocycles. The highest BCUT2D eigenvalue weighted by Gasteiger charge is 2.18. The predicted molar refractivity (Wildman–Crippen MR) is 115 cm³/mol. The molecule has 0 radical (unpaired) electrons. The normalized spacial score (nSPS) is 15.1. The van der Waals surface area contributed by atoms with E-state index >= 15 is 0 Å². The first-order valence-electron chi connectivity index (χ1n) is 10.5. The lowest BCUT2D eigenvalue weighted by atomic mass is 9.94. The first-order valence-corrected chi connectivity index (χ1v) is 10.5. The van der Waals surface area contributed by atoms with E-state index in [-0.39, 0.29) is 11.6 Å². The molecule has 1 aliphatic heterocycles. The van der Waals surface area contributed by atoms with Gasteiger partial charge in [0.15, 0.2) is 22.9 Å². The molecular formula is C22H24FN7O. The van der Waals surface area contributed by atoms with E-state index in [9.17, 15) is 9.18 Å². The summed E-state index contributed by atoms with van der Waals surface area (Å²) in [4.78, 5) is 21.1. The van der Waals surface area contributed by atoms with Crippen LogP contribution in [0.15, 0.2) is 30.7 Å². The van der Waals surface area contributed by atoms with Crippen molar-refractivity contribution in [1.29, 1.82) is 0 Å². The standard InChI is InChI=1S/C22H24FN7O/c1-13-7-18(28-30-10-14(2)25-21(13)30)16-9-17(23)22-27-19(12-29(22)11-16)26-20(31)8-15-3-5-24-6-4-15/h7,9-12,15,24H,3-6,8H2,1-2H3,(H,26,31). The summed E-state index contributed by atoms with van der Waals surface area (Å²) in [6.45, 7) is 5.75. The Bertz CT molecular complexity index is 1290. The van der Waals surface area contributed by atoms with Gasteiger partial charge in [0.05, 0.1) is 23.8 Å². The Labute approximate surface area is 178 Å². The van der Waals surface area contributed by atoms with Crippen molar-refractivity contribution in [3.63, 3.8) is 0 Å². The fourth-order valence-electron chi connectivity index (χ4n) is 4.19. The molecule has 0 saturated carbocycles. The monoisotopic (exact) mass is 421 g/mol. The Hall–Kier alpha value is -3.33. The maximum atomic E-state index is 14.8. The molecule has 4 aromatic rings. The highest BCUT2D eigenvalue weighted by atomic mass is 19.1. The Morgan fingerprint density at radius 3 is 2.77 bits per heavy atom. The molecule has 9 heteroatoms. The largest absolute Gasteiger partial charge is 0.317 e. The van der Waals surface area contributed by atoms with E-state index < -0.39 is 5.82 Å². The highest BCUT2D eigenvalue weighted by Crippen LogP contribution is 2.24. The third-order valence-corrected chi connectivity index (χ3v) is 5.73. The number of imidazole rings is 2. The van der Waals surface area contributed by atoms with Crippen LogP contribution in [0.5, 0.6) is 0 Å². The summed E-state index contributed by atoms with van der Waals surface area (Å²) in [5, 5.41) is 10.7. The van der Waals surface area contributed by atoms with Gasteiger partial charge in [-0.15, -0.1) is 0 Å². The van der Waals surface area contributed by atoms with Crippen LogP contribution in [0.1, 0.15) is 30.5 Å². The quantitative estimate of drug-likeness (QED) is 0.529. The number of amides is 1. The van der Waals surface area contributed by atoms with Gasteiger partial charge in [-0.3, -0.25) is 4.79 Å². The van der Waals surface area contributed by atoms with Crippen molar-refractivity contribution in [2.45, 2.75) is 33.1 Å². The average Bonchev–Trinajstić information content (AvgIpc) is 3.31. The number of anilines is 1. The minimum Gasteiger partial charge on any atom is -0.317 e. The Balaban J connectivity index is 1.42. The number of aromatic nitrogens is 5. The molecule has 5 heterocycles. The van der Waals surface area contributed by atoms with Crippen LogP contribution in [0.25, 0.3) is 22.6 Å². The number of aryl methyl sites for hydroxylation is 2. The summed E-state index contributed by atoms with van der Waals surface area (Å²) < 4.78 is 18.1. The zero-order chi connectivity index (χ0) is 21.5. The topological polar surface area (TPSA) is 88.6 Å². The lowest BCUT2D eigenvalue weighted by molar-refractivity contribution is -0.117. The van der Waals surface area contributed by atoms with Gasteiger partial charge in [-0.1, -0.05) is 0 Å². The second kappa shape index (κ2) is 7.73. The van der Waals surface area contributed by atoms with E-state index in [4.69, 9.17) is 0 Å². The number of fused-ring (bicyclic) bond motifs is 2. The fraction of sp³-hybridized carbons (Fsp3) is 0.364. The van der Waals surface area contributed by atoms with Gasteiger partial charge in [-0.05, 0) is 63.4 Å². The first-order chi connectivity index (χ1) is 15.0. The number of halogens is 1. The van der Waals surface area contributed by atoms with Crippen LogP contribution < -0.4 is 10.6 Å². The van der Waals surface area contributed by atoms with Crippen molar-refractivity contribution in [2.24, 2.45) is 5.92 Å². The smallest absolute Gasteiger partial charge is 0.225 e. The van der Waals surface area contributed by atoms with Crippen LogP contribution >= 0.6 is 0 Å². The molecule has 0 aromatic carbocycles. The number of hydrogen-bond acceptors (Lipinski definition) is 5. The summed E-state index contributed by atoms with van der Waals surface area (Å²) in [6, 6.07) is 3.31. The molecule has 0 unspecified atom stereocenters. The van der Waals surface area contributed by atoms with Crippen LogP contribution in [-0.4, -0.2) is 43.0 Å². The second-order valence-electron chi connectivity index (χ2n) is 8.24. The number of hydrogen-bond donors (Lipinski definition) is 2. The number of piperidine rings is 1. The average molecular weight is 421 g/mol. The molecular weight excluding hydrogens is 397 g/mol. The van der Waals surface area contributed by atoms with Gasteiger partial charge in [-0.2, -0.15) is 5.10 Å². The number of nitrogens with one attached hydrogen (secondary N) is 2. The summed E-state index contributed by atoms with van der Waals surface area (Å²) in [5.74, 6) is 0.157. The molecule has 1 fully saturated rings. The number of carbonyl (C=O) groups is 1. The van der Waals surface area contributed by atoms with E-state index in [0.29, 0.717) is 29.4 Å². The van der Waals surface area contributed by atoms with Gasteiger partial charge < -0.3 is 15.0 Å². The molecule has 1 aliphatic rings. The highest BCUT2D eigenvalue weighted by molar-refractivity contribution is 5.90. The third-order valence-electron chi connectivity index (χ3n) is 5.73. The van der Waals surface area contributed by atoms with Crippen LogP contribution in [-0.2, 0) is 4.79 Å². The van der Waals surface area contributed by atoms with Crippen molar-refractivity contribution in [2.75, 3.05) is 18.4 Å². The van der Waals surface area contributed by atoms with Crippen molar-refractivity contribution >= 4 is 23.0 Å². The summed E-state index contributed by atoms with van der Waals surface area (Å²) in [5.41, 5.74) is 4.02. The first kappa shape index (κ1) is 19.6. The van der Waals surface area contributed by atoms with Gasteiger partial charge in [0, 0.05) is 18.2 Å². The molecule has 2 N–H and O–H groups in total. The number of rotatable bonds is 4. The third kappa shape index (κ3) is 3.88. The van der Waals surface area contributed by atoms with E-state index in [1.807, 2.05) is 26.1 Å². The minimum absolute atomic E-state index is 0.0887. The molecule has 1 amide bonds. The van der Waals surface area contributed by atoms with Crippen LogP contribution in [0.4, 0.5) is 10.2 Å². The van der Waals surface area contributed by atoms with Gasteiger partial charge >= 0.3 is 0 Å². The summed E-state index contributed by atoms with van der Waals surface area (Å²) >= 11 is 0. The lowest BCUT2D eigenvalue weighted by Gasteiger charge is -2.21. The number of pyridine rings is 1. The van der Waals surface area contributed by atoms with Gasteiger partial charge in [0.25, 0.3) is 0 Å². The second-order valence-corrected chi connectivity index (χ2v) is 8.24. The van der Waals surface area contributed by atoms with Crippen molar-refractivity contribution in [3.8, 4) is 11.3 Å². The van der Waals surface area contributed by atoms with Gasteiger partial charge in [0.1, 0.15) is 0 Å². The molecule has 4 aromatic heterocycles. The van der Waals surface area contributed by atoms with Crippen LogP contribution in [0.2, 0.25) is 0 Å². The molecule has 31 heavy (non-hydrogen) atoms. The molecule has 1 saturated heterocycles. The Morgan fingerprint density at radius 1 is 1.16 bits per heavy atom. The zero-order valence-electron chi connectivity index (χ0n) is 17.5. The summed E-state index contributed by atoms with van der Waals surface area (Å²) in [7, 11) is 0. The van der Waals surface area contributed by atoms with E-state index in [1.54, 1.807) is 21.3 Å². The number of nitrogens with zero attached hydrogens (tertiary/aromatic N) is 5. The Kier molecular flexibility index (Phi) is 4.90. The van der Waals surface area contributed by atoms with Crippen molar-refractivity contribution < 1.29 is 9.18 Å².